The molecule has 2 aliphatic rings. The average Bonchev–Trinajstić information content (AvgIpc) is 3.23. The number of hydrogen-bond donors (Lipinski definition) is 1. The smallest absolute Gasteiger partial charge is 0.230 e. The van der Waals surface area contributed by atoms with Crippen LogP contribution >= 0.6 is 0 Å². The van der Waals surface area contributed by atoms with E-state index in [-0.39, 0.29) is 29.9 Å². The molecule has 1 aromatic carbocycles. The van der Waals surface area contributed by atoms with Gasteiger partial charge in [-0.05, 0) is 31.4 Å². The molecule has 6 heteroatoms. The number of benzene rings is 1. The van der Waals surface area contributed by atoms with Crippen molar-refractivity contribution in [2.24, 2.45) is 5.92 Å². The molecule has 0 saturated carbocycles. The standard InChI is InChI=1S/C16H16FN3O2/c17-13-3-1-2-4-14(13)20-9-10(8-18-20)19-16(21)12-7-11-5-6-15(12)22-11/h1-4,8-9,11-12,15H,5-7H2,(H,19,21)/t11-,12-,15-/m1/s1. The Hall–Kier alpha value is -2.21. The summed E-state index contributed by atoms with van der Waals surface area (Å²) in [5.41, 5.74) is 0.919. The Labute approximate surface area is 127 Å². The van der Waals surface area contributed by atoms with E-state index in [2.05, 4.69) is 10.4 Å². The third-order valence-electron chi connectivity index (χ3n) is 4.39. The van der Waals surface area contributed by atoms with Gasteiger partial charge in [0.2, 0.25) is 5.91 Å². The molecule has 3 atom stereocenters. The second-order valence-electron chi connectivity index (χ2n) is 5.83. The van der Waals surface area contributed by atoms with Crippen LogP contribution in [-0.2, 0) is 9.53 Å². The van der Waals surface area contributed by atoms with Crippen molar-refractivity contribution in [3.63, 3.8) is 0 Å². The van der Waals surface area contributed by atoms with Crippen molar-refractivity contribution in [3.8, 4) is 5.69 Å². The molecule has 3 heterocycles. The number of halogens is 1. The first-order valence-corrected chi connectivity index (χ1v) is 7.46. The Morgan fingerprint density at radius 3 is 2.95 bits per heavy atom. The van der Waals surface area contributed by atoms with E-state index in [0.29, 0.717) is 11.4 Å². The van der Waals surface area contributed by atoms with Gasteiger partial charge in [0.05, 0.1) is 36.2 Å². The molecule has 0 aliphatic carbocycles. The van der Waals surface area contributed by atoms with E-state index < -0.39 is 0 Å². The Morgan fingerprint density at radius 1 is 1.36 bits per heavy atom. The molecule has 0 radical (unpaired) electrons. The average molecular weight is 301 g/mol. The van der Waals surface area contributed by atoms with Gasteiger partial charge in [0.1, 0.15) is 11.5 Å². The number of aromatic nitrogens is 2. The van der Waals surface area contributed by atoms with Gasteiger partial charge in [-0.2, -0.15) is 5.10 Å². The minimum absolute atomic E-state index is 0.0414. The van der Waals surface area contributed by atoms with Crippen LogP contribution < -0.4 is 5.32 Å². The fourth-order valence-electron chi connectivity index (χ4n) is 3.31. The number of carbonyl (C=O) groups excluding carboxylic acids is 1. The van der Waals surface area contributed by atoms with Gasteiger partial charge in [-0.25, -0.2) is 9.07 Å². The highest BCUT2D eigenvalue weighted by molar-refractivity contribution is 5.93. The maximum atomic E-state index is 13.7. The van der Waals surface area contributed by atoms with Gasteiger partial charge in [-0.1, -0.05) is 12.1 Å². The molecular formula is C16H16FN3O2. The van der Waals surface area contributed by atoms with Gasteiger partial charge in [-0.15, -0.1) is 0 Å². The lowest BCUT2D eigenvalue weighted by molar-refractivity contribution is -0.121. The lowest BCUT2D eigenvalue weighted by atomic mass is 9.88. The molecular weight excluding hydrogens is 285 g/mol. The summed E-state index contributed by atoms with van der Waals surface area (Å²) < 4.78 is 20.9. The summed E-state index contributed by atoms with van der Waals surface area (Å²) in [7, 11) is 0. The van der Waals surface area contributed by atoms with Gasteiger partial charge in [0, 0.05) is 0 Å². The van der Waals surface area contributed by atoms with E-state index >= 15 is 0 Å². The van der Waals surface area contributed by atoms with Gasteiger partial charge < -0.3 is 10.1 Å². The quantitative estimate of drug-likeness (QED) is 0.947. The molecule has 22 heavy (non-hydrogen) atoms. The SMILES string of the molecule is O=C(Nc1cnn(-c2ccccc2F)c1)[C@@H]1C[C@H]2CC[C@H]1O2. The summed E-state index contributed by atoms with van der Waals surface area (Å²) in [6.07, 6.45) is 6.23. The van der Waals surface area contributed by atoms with Crippen LogP contribution in [0, 0.1) is 11.7 Å². The number of hydrogen-bond acceptors (Lipinski definition) is 3. The van der Waals surface area contributed by atoms with E-state index in [1.807, 2.05) is 0 Å². The zero-order chi connectivity index (χ0) is 15.1. The number of rotatable bonds is 3. The molecule has 2 bridgehead atoms. The molecule has 0 spiro atoms. The van der Waals surface area contributed by atoms with Crippen molar-refractivity contribution in [1.82, 2.24) is 9.78 Å². The van der Waals surface area contributed by atoms with Crippen LogP contribution in [0.1, 0.15) is 19.3 Å². The zero-order valence-corrected chi connectivity index (χ0v) is 11.9. The van der Waals surface area contributed by atoms with Crippen LogP contribution in [0.4, 0.5) is 10.1 Å². The highest BCUT2D eigenvalue weighted by atomic mass is 19.1. The number of nitrogens with zero attached hydrogens (tertiary/aromatic N) is 2. The summed E-state index contributed by atoms with van der Waals surface area (Å²) in [5, 5.41) is 6.96. The molecule has 4 rings (SSSR count). The molecule has 2 aliphatic heterocycles. The summed E-state index contributed by atoms with van der Waals surface area (Å²) >= 11 is 0. The Bertz CT molecular complexity index is 715. The van der Waals surface area contributed by atoms with E-state index in [0.717, 1.165) is 19.3 Å². The van der Waals surface area contributed by atoms with Crippen LogP contribution in [0.3, 0.4) is 0 Å². The zero-order valence-electron chi connectivity index (χ0n) is 11.9. The predicted molar refractivity (Wildman–Crippen MR) is 78.2 cm³/mol. The van der Waals surface area contributed by atoms with Crippen LogP contribution in [0.25, 0.3) is 5.69 Å². The highest BCUT2D eigenvalue weighted by Gasteiger charge is 2.44. The van der Waals surface area contributed by atoms with Gasteiger partial charge in [-0.3, -0.25) is 4.79 Å². The van der Waals surface area contributed by atoms with Crippen LogP contribution in [0.15, 0.2) is 36.7 Å². The molecule has 114 valence electrons. The van der Waals surface area contributed by atoms with E-state index in [1.165, 1.54) is 16.9 Å². The van der Waals surface area contributed by atoms with Crippen LogP contribution in [0.2, 0.25) is 0 Å². The summed E-state index contributed by atoms with van der Waals surface area (Å²) in [6.45, 7) is 0. The van der Waals surface area contributed by atoms with Gasteiger partial charge >= 0.3 is 0 Å². The molecule has 1 aromatic heterocycles. The minimum atomic E-state index is -0.357. The van der Waals surface area contributed by atoms with Gasteiger partial charge in [0.25, 0.3) is 0 Å². The minimum Gasteiger partial charge on any atom is -0.374 e. The van der Waals surface area contributed by atoms with Crippen LogP contribution in [-0.4, -0.2) is 27.9 Å². The fraction of sp³-hybridized carbons (Fsp3) is 0.375. The Balaban J connectivity index is 1.48. The number of carbonyl (C=O) groups is 1. The Morgan fingerprint density at radius 2 is 2.23 bits per heavy atom. The number of para-hydroxylation sites is 1. The molecule has 2 saturated heterocycles. The normalized spacial score (nSPS) is 26.3. The third-order valence-corrected chi connectivity index (χ3v) is 4.39. The van der Waals surface area contributed by atoms with Crippen molar-refractivity contribution < 1.29 is 13.9 Å². The number of amides is 1. The number of ether oxygens (including phenoxy) is 1. The van der Waals surface area contributed by atoms with Crippen molar-refractivity contribution in [2.75, 3.05) is 5.32 Å². The van der Waals surface area contributed by atoms with E-state index in [9.17, 15) is 9.18 Å². The van der Waals surface area contributed by atoms with Crippen molar-refractivity contribution in [2.45, 2.75) is 31.5 Å². The lowest BCUT2D eigenvalue weighted by Crippen LogP contribution is -2.30. The summed E-state index contributed by atoms with van der Waals surface area (Å²) in [5.74, 6) is -0.485. The number of fused-ring (bicyclic) bond motifs is 2. The number of nitrogens with one attached hydrogen (secondary N) is 1. The molecule has 2 fully saturated rings. The fourth-order valence-corrected chi connectivity index (χ4v) is 3.31. The number of anilines is 1. The first-order chi connectivity index (χ1) is 10.7. The van der Waals surface area contributed by atoms with Crippen molar-refractivity contribution in [1.29, 1.82) is 0 Å². The maximum absolute atomic E-state index is 13.7. The first kappa shape index (κ1) is 13.5. The topological polar surface area (TPSA) is 56.2 Å². The Kier molecular flexibility index (Phi) is 3.18. The predicted octanol–water partition coefficient (Wildman–Crippen LogP) is 2.52. The first-order valence-electron chi connectivity index (χ1n) is 7.46. The molecule has 5 nitrogen and oxygen atoms in total. The molecule has 0 unspecified atom stereocenters. The molecule has 2 aromatic rings. The van der Waals surface area contributed by atoms with E-state index in [4.69, 9.17) is 4.74 Å². The third kappa shape index (κ3) is 2.29. The lowest BCUT2D eigenvalue weighted by Gasteiger charge is -2.17. The summed E-state index contributed by atoms with van der Waals surface area (Å²) in [6, 6.07) is 6.38. The van der Waals surface area contributed by atoms with Crippen molar-refractivity contribution >= 4 is 11.6 Å². The van der Waals surface area contributed by atoms with Gasteiger partial charge in [0.15, 0.2) is 0 Å². The van der Waals surface area contributed by atoms with Crippen LogP contribution in [0.5, 0.6) is 0 Å². The monoisotopic (exact) mass is 301 g/mol. The maximum Gasteiger partial charge on any atom is 0.230 e. The largest absolute Gasteiger partial charge is 0.374 e. The molecule has 1 N–H and O–H groups in total. The van der Waals surface area contributed by atoms with Crippen molar-refractivity contribution in [3.05, 3.63) is 42.5 Å². The molecule has 1 amide bonds. The highest BCUT2D eigenvalue weighted by Crippen LogP contribution is 2.39. The second-order valence-corrected chi connectivity index (χ2v) is 5.83. The summed E-state index contributed by atoms with van der Waals surface area (Å²) in [4.78, 5) is 12.3. The second kappa shape index (κ2) is 5.21. The van der Waals surface area contributed by atoms with E-state index in [1.54, 1.807) is 24.4 Å².